The van der Waals surface area contributed by atoms with E-state index in [1.807, 2.05) is 0 Å². The molecule has 0 saturated heterocycles. The van der Waals surface area contributed by atoms with Gasteiger partial charge in [0.05, 0.1) is 0 Å². The highest BCUT2D eigenvalue weighted by Crippen LogP contribution is 2.26. The average molecular weight is 268 g/mol. The number of hydrogen-bond acceptors (Lipinski definition) is 3. The monoisotopic (exact) mass is 268 g/mol. The van der Waals surface area contributed by atoms with Gasteiger partial charge in [-0.1, -0.05) is 36.4 Å². The Hall–Kier alpha value is -2.37. The molecule has 0 bridgehead atoms. The Morgan fingerprint density at radius 2 is 1.58 bits per heavy atom. The summed E-state index contributed by atoms with van der Waals surface area (Å²) >= 11 is 0. The number of halogens is 3. The average Bonchev–Trinajstić information content (AvgIpc) is 2.37. The smallest absolute Gasteiger partial charge is 0.420 e. The Balaban J connectivity index is 2.32. The van der Waals surface area contributed by atoms with E-state index in [2.05, 4.69) is 4.74 Å². The van der Waals surface area contributed by atoms with Gasteiger partial charge in [-0.15, -0.1) is 0 Å². The molecule has 2 rings (SSSR count). The third-order valence-electron chi connectivity index (χ3n) is 2.40. The number of ether oxygens (including phenoxy) is 1. The molecule has 0 heterocycles. The molecule has 0 spiro atoms. The minimum absolute atomic E-state index is 0.0827. The molecule has 2 aromatic rings. The molecule has 0 fully saturated rings. The van der Waals surface area contributed by atoms with Crippen molar-refractivity contribution in [2.75, 3.05) is 0 Å². The Kier molecular flexibility index (Phi) is 3.25. The summed E-state index contributed by atoms with van der Waals surface area (Å²) in [6.07, 6.45) is -5.23. The van der Waals surface area contributed by atoms with E-state index < -0.39 is 17.9 Å². The van der Waals surface area contributed by atoms with Crippen LogP contribution in [-0.2, 0) is 9.59 Å². The van der Waals surface area contributed by atoms with E-state index in [0.717, 1.165) is 0 Å². The van der Waals surface area contributed by atoms with Crippen LogP contribution in [-0.4, -0.2) is 17.9 Å². The summed E-state index contributed by atoms with van der Waals surface area (Å²) in [5, 5.41) is 1.14. The molecule has 0 aromatic heterocycles. The van der Waals surface area contributed by atoms with E-state index in [-0.39, 0.29) is 5.75 Å². The van der Waals surface area contributed by atoms with Crippen molar-refractivity contribution in [3.63, 3.8) is 0 Å². The summed E-state index contributed by atoms with van der Waals surface area (Å²) < 4.78 is 40.7. The second-order valence-electron chi connectivity index (χ2n) is 3.69. The van der Waals surface area contributed by atoms with Gasteiger partial charge < -0.3 is 4.74 Å². The topological polar surface area (TPSA) is 43.4 Å². The van der Waals surface area contributed by atoms with Crippen LogP contribution in [0.4, 0.5) is 13.2 Å². The van der Waals surface area contributed by atoms with Crippen molar-refractivity contribution in [3.8, 4) is 5.75 Å². The molecule has 0 N–H and O–H groups in total. The third-order valence-corrected chi connectivity index (χ3v) is 2.40. The first-order chi connectivity index (χ1) is 8.89. The van der Waals surface area contributed by atoms with Gasteiger partial charge in [0.2, 0.25) is 0 Å². The van der Waals surface area contributed by atoms with Crippen LogP contribution in [0.1, 0.15) is 0 Å². The lowest BCUT2D eigenvalue weighted by molar-refractivity contribution is -0.179. The molecule has 98 valence electrons. The van der Waals surface area contributed by atoms with E-state index in [1.165, 1.54) is 12.1 Å². The van der Waals surface area contributed by atoms with E-state index in [0.29, 0.717) is 10.8 Å². The highest BCUT2D eigenvalue weighted by Gasteiger charge is 2.45. The summed E-state index contributed by atoms with van der Waals surface area (Å²) in [4.78, 5) is 21.8. The van der Waals surface area contributed by atoms with E-state index >= 15 is 0 Å². The second-order valence-corrected chi connectivity index (χ2v) is 3.69. The molecule has 0 atom stereocenters. The van der Waals surface area contributed by atoms with Crippen LogP contribution in [0, 0.1) is 0 Å². The Bertz CT molecular complexity index is 642. The summed E-state index contributed by atoms with van der Waals surface area (Å²) in [6.45, 7) is 0. The maximum Gasteiger partial charge on any atom is 0.461 e. The zero-order chi connectivity index (χ0) is 14.0. The Labute approximate surface area is 105 Å². The van der Waals surface area contributed by atoms with Crippen molar-refractivity contribution in [1.82, 2.24) is 0 Å². The van der Waals surface area contributed by atoms with Gasteiger partial charge in [0, 0.05) is 5.39 Å². The molecular formula is C13H7F3O3. The van der Waals surface area contributed by atoms with E-state index in [9.17, 15) is 22.8 Å². The number of Topliss-reactive ketones (excluding diaryl/α,β-unsaturated/α-hetero) is 1. The third kappa shape index (κ3) is 2.73. The fourth-order valence-electron chi connectivity index (χ4n) is 1.55. The normalized spacial score (nSPS) is 11.3. The molecule has 19 heavy (non-hydrogen) atoms. The summed E-state index contributed by atoms with van der Waals surface area (Å²) in [5.74, 6) is -4.55. The van der Waals surface area contributed by atoms with E-state index in [4.69, 9.17) is 0 Å². The molecule has 0 amide bonds. The Morgan fingerprint density at radius 3 is 2.26 bits per heavy atom. The minimum Gasteiger partial charge on any atom is -0.420 e. The number of esters is 1. The first-order valence-electron chi connectivity index (χ1n) is 5.20. The minimum atomic E-state index is -5.23. The van der Waals surface area contributed by atoms with Crippen molar-refractivity contribution in [2.24, 2.45) is 0 Å². The van der Waals surface area contributed by atoms with Gasteiger partial charge in [-0.2, -0.15) is 13.2 Å². The molecule has 6 heteroatoms. The zero-order valence-electron chi connectivity index (χ0n) is 9.40. The van der Waals surface area contributed by atoms with Crippen molar-refractivity contribution in [3.05, 3.63) is 42.5 Å². The number of carbonyl (C=O) groups excluding carboxylic acids is 2. The SMILES string of the molecule is O=C(Oc1cccc2ccccc12)C(=O)C(F)(F)F. The number of rotatable bonds is 2. The van der Waals surface area contributed by atoms with Gasteiger partial charge in [0.25, 0.3) is 0 Å². The number of ketones is 1. The maximum atomic E-state index is 12.1. The van der Waals surface area contributed by atoms with Gasteiger partial charge in [0.1, 0.15) is 5.75 Å². The number of hydrogen-bond donors (Lipinski definition) is 0. The van der Waals surface area contributed by atoms with Crippen molar-refractivity contribution in [1.29, 1.82) is 0 Å². The summed E-state index contributed by atoms with van der Waals surface area (Å²) in [6, 6.07) is 11.2. The molecule has 0 aliphatic heterocycles. The van der Waals surface area contributed by atoms with Gasteiger partial charge in [-0.05, 0) is 11.5 Å². The Morgan fingerprint density at radius 1 is 0.947 bits per heavy atom. The van der Waals surface area contributed by atoms with Crippen molar-refractivity contribution >= 4 is 22.5 Å². The molecule has 0 unspecified atom stereocenters. The van der Waals surface area contributed by atoms with Crippen LogP contribution in [0.25, 0.3) is 10.8 Å². The fraction of sp³-hybridized carbons (Fsp3) is 0.0769. The maximum absolute atomic E-state index is 12.1. The summed E-state index contributed by atoms with van der Waals surface area (Å²) in [5.41, 5.74) is 0. The number of fused-ring (bicyclic) bond motifs is 1. The highest BCUT2D eigenvalue weighted by molar-refractivity contribution is 6.36. The van der Waals surface area contributed by atoms with Crippen molar-refractivity contribution in [2.45, 2.75) is 6.18 Å². The molecule has 2 aromatic carbocycles. The van der Waals surface area contributed by atoms with Gasteiger partial charge in [-0.3, -0.25) is 4.79 Å². The zero-order valence-corrected chi connectivity index (χ0v) is 9.40. The van der Waals surface area contributed by atoms with Crippen LogP contribution in [0.3, 0.4) is 0 Å². The second kappa shape index (κ2) is 4.72. The predicted octanol–water partition coefficient (Wildman–Crippen LogP) is 2.88. The predicted molar refractivity (Wildman–Crippen MR) is 60.6 cm³/mol. The lowest BCUT2D eigenvalue weighted by atomic mass is 10.1. The van der Waals surface area contributed by atoms with Crippen LogP contribution < -0.4 is 4.74 Å². The van der Waals surface area contributed by atoms with Crippen LogP contribution in [0.15, 0.2) is 42.5 Å². The van der Waals surface area contributed by atoms with Gasteiger partial charge in [0.15, 0.2) is 0 Å². The van der Waals surface area contributed by atoms with Crippen LogP contribution in [0.2, 0.25) is 0 Å². The first-order valence-corrected chi connectivity index (χ1v) is 5.20. The van der Waals surface area contributed by atoms with Crippen molar-refractivity contribution < 1.29 is 27.5 Å². The van der Waals surface area contributed by atoms with Crippen LogP contribution >= 0.6 is 0 Å². The van der Waals surface area contributed by atoms with Gasteiger partial charge >= 0.3 is 17.9 Å². The quantitative estimate of drug-likeness (QED) is 0.478. The lowest BCUT2D eigenvalue weighted by Gasteiger charge is -2.08. The molecule has 0 aliphatic carbocycles. The molecule has 0 aliphatic rings. The standard InChI is InChI=1S/C13H7F3O3/c14-13(15,16)11(17)12(18)19-10-7-3-5-8-4-1-2-6-9(8)10/h1-7H. The highest BCUT2D eigenvalue weighted by atomic mass is 19.4. The number of alkyl halides is 3. The number of benzene rings is 2. The first kappa shape index (κ1) is 13.1. The molecule has 0 radical (unpaired) electrons. The van der Waals surface area contributed by atoms with E-state index in [1.54, 1.807) is 30.3 Å². The van der Waals surface area contributed by atoms with Gasteiger partial charge in [-0.25, -0.2) is 4.79 Å². The largest absolute Gasteiger partial charge is 0.461 e. The molecule has 0 saturated carbocycles. The molecule has 3 nitrogen and oxygen atoms in total. The number of carbonyl (C=O) groups is 2. The summed E-state index contributed by atoms with van der Waals surface area (Å²) in [7, 11) is 0. The molecular weight excluding hydrogens is 261 g/mol. The fourth-order valence-corrected chi connectivity index (χ4v) is 1.55. The lowest BCUT2D eigenvalue weighted by Crippen LogP contribution is -2.34. The van der Waals surface area contributed by atoms with Crippen LogP contribution in [0.5, 0.6) is 5.75 Å².